The fourth-order valence-corrected chi connectivity index (χ4v) is 2.32. The van der Waals surface area contributed by atoms with E-state index in [1.807, 2.05) is 0 Å². The molecule has 0 saturated heterocycles. The maximum atomic E-state index is 8.79. The van der Waals surface area contributed by atoms with Crippen molar-refractivity contribution in [2.45, 2.75) is 45.3 Å². The molecule has 0 rings (SSSR count). The van der Waals surface area contributed by atoms with Crippen molar-refractivity contribution in [2.24, 2.45) is 11.8 Å². The monoisotopic (exact) mass is 190 g/mol. The topological polar surface area (TPSA) is 20.2 Å². The molecular weight excluding hydrogens is 168 g/mol. The molecule has 0 aliphatic rings. The van der Waals surface area contributed by atoms with Gasteiger partial charge in [-0.1, -0.05) is 33.6 Å². The molecule has 1 nitrogen and oxygen atoms in total. The molecule has 0 heterocycles. The van der Waals surface area contributed by atoms with Crippen LogP contribution in [0.3, 0.4) is 0 Å². The summed E-state index contributed by atoms with van der Waals surface area (Å²) in [4.78, 5) is 0. The summed E-state index contributed by atoms with van der Waals surface area (Å²) in [5.41, 5.74) is 0. The van der Waals surface area contributed by atoms with Gasteiger partial charge in [0.2, 0.25) is 0 Å². The Morgan fingerprint density at radius 2 is 1.83 bits per heavy atom. The van der Waals surface area contributed by atoms with E-state index in [-0.39, 0.29) is 6.61 Å². The van der Waals surface area contributed by atoms with Gasteiger partial charge in [-0.3, -0.25) is 0 Å². The van der Waals surface area contributed by atoms with E-state index in [9.17, 15) is 0 Å². The first-order chi connectivity index (χ1) is 5.67. The summed E-state index contributed by atoms with van der Waals surface area (Å²) in [6.45, 7) is 6.96. The SMILES string of the molecule is CCC(C)C(CC)C(S)CCO. The third kappa shape index (κ3) is 3.81. The average molecular weight is 190 g/mol. The number of aliphatic hydroxyl groups is 1. The first kappa shape index (κ1) is 12.3. The predicted molar refractivity (Wildman–Crippen MR) is 57.7 cm³/mol. The summed E-state index contributed by atoms with van der Waals surface area (Å²) in [5, 5.41) is 9.16. The molecular formula is C10H22OS. The molecule has 3 unspecified atom stereocenters. The van der Waals surface area contributed by atoms with Gasteiger partial charge in [0.05, 0.1) is 0 Å². The van der Waals surface area contributed by atoms with Crippen LogP contribution in [0.1, 0.15) is 40.0 Å². The molecule has 0 saturated carbocycles. The van der Waals surface area contributed by atoms with Crippen molar-refractivity contribution < 1.29 is 5.11 Å². The Morgan fingerprint density at radius 3 is 2.17 bits per heavy atom. The Balaban J connectivity index is 3.94. The first-order valence-corrected chi connectivity index (χ1v) is 5.47. The van der Waals surface area contributed by atoms with Gasteiger partial charge in [-0.25, -0.2) is 0 Å². The Bertz CT molecular complexity index is 106. The molecule has 12 heavy (non-hydrogen) atoms. The molecule has 0 aromatic heterocycles. The fraction of sp³-hybridized carbons (Fsp3) is 1.00. The minimum atomic E-state index is 0.265. The van der Waals surface area contributed by atoms with Crippen LogP contribution in [0.4, 0.5) is 0 Å². The number of hydrogen-bond acceptors (Lipinski definition) is 2. The van der Waals surface area contributed by atoms with Crippen LogP contribution in [-0.2, 0) is 0 Å². The van der Waals surface area contributed by atoms with Crippen LogP contribution in [0.2, 0.25) is 0 Å². The Morgan fingerprint density at radius 1 is 1.25 bits per heavy atom. The highest BCUT2D eigenvalue weighted by atomic mass is 32.1. The van der Waals surface area contributed by atoms with E-state index in [0.717, 1.165) is 12.3 Å². The van der Waals surface area contributed by atoms with Crippen LogP contribution in [-0.4, -0.2) is 17.0 Å². The van der Waals surface area contributed by atoms with E-state index in [1.54, 1.807) is 0 Å². The van der Waals surface area contributed by atoms with Crippen LogP contribution in [0.5, 0.6) is 0 Å². The van der Waals surface area contributed by atoms with Crippen LogP contribution < -0.4 is 0 Å². The van der Waals surface area contributed by atoms with Gasteiger partial charge in [-0.2, -0.15) is 12.6 Å². The van der Waals surface area contributed by atoms with Gasteiger partial charge in [0.1, 0.15) is 0 Å². The van der Waals surface area contributed by atoms with Crippen molar-refractivity contribution in [1.82, 2.24) is 0 Å². The second-order valence-electron chi connectivity index (χ2n) is 3.54. The predicted octanol–water partition coefficient (Wildman–Crippen LogP) is 2.74. The van der Waals surface area contributed by atoms with Crippen LogP contribution in [0.25, 0.3) is 0 Å². The molecule has 0 aromatic carbocycles. The molecule has 0 fully saturated rings. The van der Waals surface area contributed by atoms with Gasteiger partial charge < -0.3 is 5.11 Å². The van der Waals surface area contributed by atoms with E-state index in [0.29, 0.717) is 11.2 Å². The number of rotatable bonds is 6. The third-order valence-corrected chi connectivity index (χ3v) is 3.41. The highest BCUT2D eigenvalue weighted by Gasteiger charge is 2.20. The van der Waals surface area contributed by atoms with Crippen molar-refractivity contribution in [1.29, 1.82) is 0 Å². The Kier molecular flexibility index (Phi) is 6.96. The average Bonchev–Trinajstić information content (AvgIpc) is 2.06. The highest BCUT2D eigenvalue weighted by molar-refractivity contribution is 7.81. The van der Waals surface area contributed by atoms with Crippen LogP contribution in [0.15, 0.2) is 0 Å². The lowest BCUT2D eigenvalue weighted by atomic mass is 9.85. The van der Waals surface area contributed by atoms with Crippen molar-refractivity contribution in [3.8, 4) is 0 Å². The van der Waals surface area contributed by atoms with Crippen LogP contribution in [0, 0.1) is 11.8 Å². The molecule has 3 atom stereocenters. The number of hydrogen-bond donors (Lipinski definition) is 2. The van der Waals surface area contributed by atoms with E-state index in [2.05, 4.69) is 33.4 Å². The molecule has 0 bridgehead atoms. The summed E-state index contributed by atoms with van der Waals surface area (Å²) in [5.74, 6) is 1.38. The smallest absolute Gasteiger partial charge is 0.0441 e. The maximum absolute atomic E-state index is 8.79. The molecule has 74 valence electrons. The van der Waals surface area contributed by atoms with E-state index < -0.39 is 0 Å². The van der Waals surface area contributed by atoms with Gasteiger partial charge in [-0.15, -0.1) is 0 Å². The summed E-state index contributed by atoms with van der Waals surface area (Å²) >= 11 is 4.52. The largest absolute Gasteiger partial charge is 0.396 e. The molecule has 0 aliphatic heterocycles. The normalized spacial score (nSPS) is 18.8. The second kappa shape index (κ2) is 6.79. The van der Waals surface area contributed by atoms with Crippen molar-refractivity contribution >= 4 is 12.6 Å². The van der Waals surface area contributed by atoms with Gasteiger partial charge in [0, 0.05) is 11.9 Å². The lowest BCUT2D eigenvalue weighted by molar-refractivity contribution is 0.251. The molecule has 1 N–H and O–H groups in total. The molecule has 0 spiro atoms. The highest BCUT2D eigenvalue weighted by Crippen LogP contribution is 2.27. The summed E-state index contributed by atoms with van der Waals surface area (Å²) in [6.07, 6.45) is 3.20. The van der Waals surface area contributed by atoms with E-state index in [1.165, 1.54) is 12.8 Å². The summed E-state index contributed by atoms with van der Waals surface area (Å²) in [6, 6.07) is 0. The quantitative estimate of drug-likeness (QED) is 0.617. The van der Waals surface area contributed by atoms with Crippen molar-refractivity contribution in [2.75, 3.05) is 6.61 Å². The van der Waals surface area contributed by atoms with Gasteiger partial charge in [-0.05, 0) is 18.3 Å². The third-order valence-electron chi connectivity index (χ3n) is 2.77. The van der Waals surface area contributed by atoms with Crippen LogP contribution >= 0.6 is 12.6 Å². The molecule has 0 amide bonds. The maximum Gasteiger partial charge on any atom is 0.0441 e. The molecule has 2 heteroatoms. The number of aliphatic hydroxyl groups excluding tert-OH is 1. The fourth-order valence-electron chi connectivity index (χ4n) is 1.70. The standard InChI is InChI=1S/C10H22OS/c1-4-8(3)9(5-2)10(12)6-7-11/h8-12H,4-7H2,1-3H3. The van der Waals surface area contributed by atoms with Gasteiger partial charge in [0.15, 0.2) is 0 Å². The van der Waals surface area contributed by atoms with Gasteiger partial charge >= 0.3 is 0 Å². The molecule has 0 aromatic rings. The minimum absolute atomic E-state index is 0.265. The lowest BCUT2D eigenvalue weighted by Crippen LogP contribution is -2.22. The Labute approximate surface area is 82.0 Å². The van der Waals surface area contributed by atoms with E-state index in [4.69, 9.17) is 5.11 Å². The number of thiol groups is 1. The second-order valence-corrected chi connectivity index (χ2v) is 4.20. The first-order valence-electron chi connectivity index (χ1n) is 4.96. The van der Waals surface area contributed by atoms with Gasteiger partial charge in [0.25, 0.3) is 0 Å². The Hall–Kier alpha value is 0.310. The zero-order valence-corrected chi connectivity index (χ0v) is 9.35. The lowest BCUT2D eigenvalue weighted by Gasteiger charge is -2.26. The zero-order valence-electron chi connectivity index (χ0n) is 8.45. The zero-order chi connectivity index (χ0) is 9.56. The van der Waals surface area contributed by atoms with E-state index >= 15 is 0 Å². The summed E-state index contributed by atoms with van der Waals surface area (Å²) in [7, 11) is 0. The molecule has 0 radical (unpaired) electrons. The minimum Gasteiger partial charge on any atom is -0.396 e. The van der Waals surface area contributed by atoms with Crippen molar-refractivity contribution in [3.63, 3.8) is 0 Å². The van der Waals surface area contributed by atoms with Crippen molar-refractivity contribution in [3.05, 3.63) is 0 Å². The molecule has 0 aliphatic carbocycles. The summed E-state index contributed by atoms with van der Waals surface area (Å²) < 4.78 is 0.